The van der Waals surface area contributed by atoms with Gasteiger partial charge in [-0.25, -0.2) is 0 Å². The summed E-state index contributed by atoms with van der Waals surface area (Å²) in [6.45, 7) is 1.40. The van der Waals surface area contributed by atoms with Gasteiger partial charge in [0, 0.05) is 10.0 Å². The highest BCUT2D eigenvalue weighted by atomic mass is 35.5. The van der Waals surface area contributed by atoms with Crippen molar-refractivity contribution in [3.63, 3.8) is 0 Å². The highest BCUT2D eigenvalue weighted by Crippen LogP contribution is 2.34. The summed E-state index contributed by atoms with van der Waals surface area (Å²) >= 11 is 11.6. The second-order valence-corrected chi connectivity index (χ2v) is 5.77. The van der Waals surface area contributed by atoms with Crippen LogP contribution in [0.25, 0.3) is 0 Å². The lowest BCUT2D eigenvalue weighted by Gasteiger charge is -2.17. The summed E-state index contributed by atoms with van der Waals surface area (Å²) in [5.41, 5.74) is -1.27. The van der Waals surface area contributed by atoms with Crippen LogP contribution < -0.4 is 10.1 Å². The van der Waals surface area contributed by atoms with Gasteiger partial charge >= 0.3 is 6.18 Å². The average Bonchev–Trinajstić information content (AvgIpc) is 2.45. The normalized spacial score (nSPS) is 12.6. The molecule has 2 rings (SSSR count). The second-order valence-electron chi connectivity index (χ2n) is 4.90. The van der Waals surface area contributed by atoms with Crippen LogP contribution in [0.2, 0.25) is 10.0 Å². The molecule has 1 N–H and O–H groups in total. The highest BCUT2D eigenvalue weighted by molar-refractivity contribution is 6.34. The number of hydrogen-bond acceptors (Lipinski definition) is 2. The van der Waals surface area contributed by atoms with Crippen LogP contribution in [0.4, 0.5) is 18.9 Å². The van der Waals surface area contributed by atoms with Crippen molar-refractivity contribution in [2.45, 2.75) is 19.2 Å². The largest absolute Gasteiger partial charge is 0.481 e. The zero-order valence-corrected chi connectivity index (χ0v) is 13.8. The Morgan fingerprint density at radius 1 is 1.12 bits per heavy atom. The third-order valence-electron chi connectivity index (χ3n) is 3.01. The fraction of sp³-hybridized carbons (Fsp3) is 0.188. The van der Waals surface area contributed by atoms with Gasteiger partial charge in [-0.3, -0.25) is 4.79 Å². The third kappa shape index (κ3) is 4.79. The minimum Gasteiger partial charge on any atom is -0.481 e. The zero-order valence-electron chi connectivity index (χ0n) is 12.3. The fourth-order valence-corrected chi connectivity index (χ4v) is 2.43. The van der Waals surface area contributed by atoms with Crippen molar-refractivity contribution in [3.8, 4) is 5.75 Å². The van der Waals surface area contributed by atoms with Crippen molar-refractivity contribution < 1.29 is 22.7 Å². The zero-order chi connectivity index (χ0) is 17.9. The van der Waals surface area contributed by atoms with Crippen LogP contribution in [-0.4, -0.2) is 12.0 Å². The van der Waals surface area contributed by atoms with Gasteiger partial charge in [0.1, 0.15) is 5.75 Å². The summed E-state index contributed by atoms with van der Waals surface area (Å²) in [4.78, 5) is 12.1. The van der Waals surface area contributed by atoms with E-state index in [1.54, 1.807) is 0 Å². The lowest BCUT2D eigenvalue weighted by atomic mass is 10.1. The number of carbonyl (C=O) groups excluding carboxylic acids is 1. The average molecular weight is 378 g/mol. The first-order valence-corrected chi connectivity index (χ1v) is 7.52. The van der Waals surface area contributed by atoms with Crippen molar-refractivity contribution in [2.75, 3.05) is 5.32 Å². The number of benzene rings is 2. The van der Waals surface area contributed by atoms with E-state index in [1.165, 1.54) is 43.3 Å². The van der Waals surface area contributed by atoms with E-state index < -0.39 is 23.8 Å². The monoisotopic (exact) mass is 377 g/mol. The Balaban J connectivity index is 2.12. The first kappa shape index (κ1) is 18.4. The molecule has 1 atom stereocenters. The molecule has 128 valence electrons. The molecule has 2 aromatic rings. The summed E-state index contributed by atoms with van der Waals surface area (Å²) in [5.74, 6) is -0.498. The molecule has 1 amide bonds. The van der Waals surface area contributed by atoms with Gasteiger partial charge < -0.3 is 10.1 Å². The molecule has 3 nitrogen and oxygen atoms in total. The van der Waals surface area contributed by atoms with Gasteiger partial charge in [-0.2, -0.15) is 13.2 Å². The quantitative estimate of drug-likeness (QED) is 0.772. The molecule has 0 fully saturated rings. The van der Waals surface area contributed by atoms with Crippen molar-refractivity contribution in [1.82, 2.24) is 0 Å². The number of para-hydroxylation sites is 1. The van der Waals surface area contributed by atoms with E-state index in [0.717, 1.165) is 6.07 Å². The van der Waals surface area contributed by atoms with Gasteiger partial charge in [0.15, 0.2) is 6.10 Å². The Bertz CT molecular complexity index is 730. The maximum Gasteiger partial charge on any atom is 0.418 e. The lowest BCUT2D eigenvalue weighted by molar-refractivity contribution is -0.137. The Morgan fingerprint density at radius 3 is 2.29 bits per heavy atom. The smallest absolute Gasteiger partial charge is 0.418 e. The molecule has 0 saturated heterocycles. The molecule has 0 bridgehead atoms. The van der Waals surface area contributed by atoms with Crippen LogP contribution in [0.1, 0.15) is 12.5 Å². The molecular formula is C16H12Cl2F3NO2. The standard InChI is InChI=1S/C16H12Cl2F3NO2/c1-9(24-12-7-10(17)6-11(18)8-12)15(23)22-14-5-3-2-4-13(14)16(19,20)21/h2-9H,1H3,(H,22,23). The lowest BCUT2D eigenvalue weighted by Crippen LogP contribution is -2.31. The van der Waals surface area contributed by atoms with Crippen molar-refractivity contribution in [3.05, 3.63) is 58.1 Å². The summed E-state index contributed by atoms with van der Waals surface area (Å²) in [6, 6.07) is 9.07. The third-order valence-corrected chi connectivity index (χ3v) is 3.44. The van der Waals surface area contributed by atoms with Crippen LogP contribution in [0.5, 0.6) is 5.75 Å². The summed E-state index contributed by atoms with van der Waals surface area (Å²) < 4.78 is 44.1. The van der Waals surface area contributed by atoms with Gasteiger partial charge in [0.25, 0.3) is 5.91 Å². The van der Waals surface area contributed by atoms with E-state index in [1.807, 2.05) is 0 Å². The van der Waals surface area contributed by atoms with Crippen LogP contribution in [0, 0.1) is 0 Å². The molecule has 0 aliphatic heterocycles. The predicted octanol–water partition coefficient (Wildman–Crippen LogP) is 5.42. The van der Waals surface area contributed by atoms with Crippen LogP contribution in [0.3, 0.4) is 0 Å². The first-order chi connectivity index (χ1) is 11.2. The van der Waals surface area contributed by atoms with E-state index in [9.17, 15) is 18.0 Å². The maximum absolute atomic E-state index is 12.9. The Morgan fingerprint density at radius 2 is 1.71 bits per heavy atom. The molecular weight excluding hydrogens is 366 g/mol. The topological polar surface area (TPSA) is 38.3 Å². The van der Waals surface area contributed by atoms with Gasteiger partial charge in [-0.15, -0.1) is 0 Å². The molecule has 0 aromatic heterocycles. The number of rotatable bonds is 4. The number of carbonyl (C=O) groups is 1. The number of ether oxygens (including phenoxy) is 1. The molecule has 24 heavy (non-hydrogen) atoms. The second kappa shape index (κ2) is 7.32. The van der Waals surface area contributed by atoms with Crippen molar-refractivity contribution in [1.29, 1.82) is 0 Å². The minimum atomic E-state index is -4.57. The molecule has 0 spiro atoms. The van der Waals surface area contributed by atoms with Crippen LogP contribution >= 0.6 is 23.2 Å². The number of anilines is 1. The molecule has 0 aliphatic carbocycles. The van der Waals surface area contributed by atoms with E-state index >= 15 is 0 Å². The fourth-order valence-electron chi connectivity index (χ4n) is 1.93. The van der Waals surface area contributed by atoms with Gasteiger partial charge in [-0.05, 0) is 37.3 Å². The molecule has 0 saturated carbocycles. The Labute approximate surface area is 146 Å². The Kier molecular flexibility index (Phi) is 5.62. The Hall–Kier alpha value is -1.92. The molecule has 1 unspecified atom stereocenters. The van der Waals surface area contributed by atoms with Crippen LogP contribution in [0.15, 0.2) is 42.5 Å². The van der Waals surface area contributed by atoms with Gasteiger partial charge in [0.2, 0.25) is 0 Å². The number of halogens is 5. The van der Waals surface area contributed by atoms with Gasteiger partial charge in [0.05, 0.1) is 11.3 Å². The summed E-state index contributed by atoms with van der Waals surface area (Å²) in [7, 11) is 0. The van der Waals surface area contributed by atoms with E-state index in [-0.39, 0.29) is 11.4 Å². The number of hydrogen-bond donors (Lipinski definition) is 1. The van der Waals surface area contributed by atoms with Gasteiger partial charge in [-0.1, -0.05) is 35.3 Å². The van der Waals surface area contributed by atoms with Crippen LogP contribution in [-0.2, 0) is 11.0 Å². The molecule has 0 aliphatic rings. The SMILES string of the molecule is CC(Oc1cc(Cl)cc(Cl)c1)C(=O)Nc1ccccc1C(F)(F)F. The van der Waals surface area contributed by atoms with E-state index in [0.29, 0.717) is 10.0 Å². The van der Waals surface area contributed by atoms with Crippen molar-refractivity contribution in [2.24, 2.45) is 0 Å². The number of nitrogens with one attached hydrogen (secondary N) is 1. The van der Waals surface area contributed by atoms with E-state index in [4.69, 9.17) is 27.9 Å². The number of amides is 1. The molecule has 0 radical (unpaired) electrons. The van der Waals surface area contributed by atoms with E-state index in [2.05, 4.69) is 5.32 Å². The predicted molar refractivity (Wildman–Crippen MR) is 86.6 cm³/mol. The summed E-state index contributed by atoms with van der Waals surface area (Å²) in [5, 5.41) is 2.84. The number of alkyl halides is 3. The maximum atomic E-state index is 12.9. The molecule has 0 heterocycles. The molecule has 2 aromatic carbocycles. The van der Waals surface area contributed by atoms with Crippen molar-refractivity contribution >= 4 is 34.8 Å². The highest BCUT2D eigenvalue weighted by Gasteiger charge is 2.34. The molecule has 8 heteroatoms. The summed E-state index contributed by atoms with van der Waals surface area (Å²) in [6.07, 6.45) is -5.63. The first-order valence-electron chi connectivity index (χ1n) is 6.76. The minimum absolute atomic E-state index is 0.235.